The number of nitriles is 1. The number of amides is 1. The number of carbonyl (C=O) groups excluding carboxylic acids is 1. The monoisotopic (exact) mass is 533 g/mol. The molecule has 1 N–H and O–H groups in total. The Morgan fingerprint density at radius 2 is 1.95 bits per heavy atom. The van der Waals surface area contributed by atoms with E-state index in [4.69, 9.17) is 26.2 Å². The van der Waals surface area contributed by atoms with Gasteiger partial charge in [0.15, 0.2) is 16.7 Å². The van der Waals surface area contributed by atoms with Crippen LogP contribution in [0.4, 0.5) is 5.69 Å². The van der Waals surface area contributed by atoms with Gasteiger partial charge in [-0.15, -0.1) is 0 Å². The maximum Gasteiger partial charge on any atom is 0.335 e. The molecule has 0 aromatic heterocycles. The highest BCUT2D eigenvalue weighted by atomic mass is 35.5. The highest BCUT2D eigenvalue weighted by Crippen LogP contribution is 2.39. The summed E-state index contributed by atoms with van der Waals surface area (Å²) in [7, 11) is 3.10. The number of amidine groups is 1. The van der Waals surface area contributed by atoms with Crippen molar-refractivity contribution in [2.75, 3.05) is 14.2 Å². The summed E-state index contributed by atoms with van der Waals surface area (Å²) in [4.78, 5) is 30.2. The number of halogens is 1. The first kappa shape index (κ1) is 25.8. The van der Waals surface area contributed by atoms with Gasteiger partial charge in [-0.05, 0) is 65.9 Å². The normalized spacial score (nSPS) is 15.2. The van der Waals surface area contributed by atoms with Crippen molar-refractivity contribution >= 4 is 52.2 Å². The van der Waals surface area contributed by atoms with Gasteiger partial charge in [0.1, 0.15) is 6.61 Å². The van der Waals surface area contributed by atoms with Crippen LogP contribution in [0.5, 0.6) is 11.5 Å². The quantitative estimate of drug-likeness (QED) is 0.386. The van der Waals surface area contributed by atoms with E-state index in [2.05, 4.69) is 11.1 Å². The molecule has 3 aromatic rings. The van der Waals surface area contributed by atoms with Gasteiger partial charge in [0.25, 0.3) is 5.91 Å². The molecule has 1 fully saturated rings. The average Bonchev–Trinajstić information content (AvgIpc) is 3.15. The summed E-state index contributed by atoms with van der Waals surface area (Å²) in [6.45, 7) is 0.132. The maximum atomic E-state index is 12.8. The van der Waals surface area contributed by atoms with Gasteiger partial charge in [0.05, 0.1) is 39.9 Å². The Balaban J connectivity index is 1.56. The number of carbonyl (C=O) groups is 2. The lowest BCUT2D eigenvalue weighted by atomic mass is 10.1. The molecule has 0 atom stereocenters. The summed E-state index contributed by atoms with van der Waals surface area (Å²) in [5.74, 6) is -0.558. The number of carboxylic acid groups (broad SMARTS) is 1. The molecule has 1 amide bonds. The number of ether oxygens (including phenoxy) is 2. The van der Waals surface area contributed by atoms with Gasteiger partial charge in [-0.1, -0.05) is 29.8 Å². The smallest absolute Gasteiger partial charge is 0.335 e. The Kier molecular flexibility index (Phi) is 7.82. The number of carboxylic acids is 1. The average molecular weight is 534 g/mol. The third-order valence-electron chi connectivity index (χ3n) is 5.40. The number of hydrogen-bond donors (Lipinski definition) is 1. The van der Waals surface area contributed by atoms with E-state index in [0.717, 1.165) is 5.56 Å². The zero-order chi connectivity index (χ0) is 26.5. The van der Waals surface area contributed by atoms with Gasteiger partial charge in [-0.25, -0.2) is 9.79 Å². The largest absolute Gasteiger partial charge is 0.493 e. The van der Waals surface area contributed by atoms with Crippen molar-refractivity contribution < 1.29 is 24.2 Å². The van der Waals surface area contributed by atoms with Crippen molar-refractivity contribution in [2.45, 2.75) is 6.61 Å². The minimum absolute atomic E-state index is 0.132. The number of rotatable bonds is 7. The van der Waals surface area contributed by atoms with Gasteiger partial charge in [-0.2, -0.15) is 5.26 Å². The first-order valence-corrected chi connectivity index (χ1v) is 12.1. The number of methoxy groups -OCH3 is 1. The van der Waals surface area contributed by atoms with Crippen LogP contribution < -0.4 is 9.47 Å². The number of aromatic carboxylic acids is 1. The molecule has 1 aliphatic rings. The van der Waals surface area contributed by atoms with Crippen LogP contribution in [0.15, 0.2) is 70.6 Å². The van der Waals surface area contributed by atoms with E-state index in [9.17, 15) is 14.9 Å². The van der Waals surface area contributed by atoms with E-state index in [-0.39, 0.29) is 23.1 Å². The van der Waals surface area contributed by atoms with Gasteiger partial charge in [-0.3, -0.25) is 9.69 Å². The summed E-state index contributed by atoms with van der Waals surface area (Å²) in [5, 5.41) is 19.1. The Hall–Kier alpha value is -4.26. The standard InChI is InChI=1S/C27H20ClN3O5S/c1-31-25(32)23(37-27(31)30-20-9-7-17(8-10-20)26(33)34)13-16-11-21(28)24(22(12-16)35-2)36-15-19-6-4-3-5-18(19)14-29/h3-13H,15H2,1-2H3,(H,33,34). The maximum absolute atomic E-state index is 12.8. The number of nitrogens with zero attached hydrogens (tertiary/aromatic N) is 3. The van der Waals surface area contributed by atoms with E-state index >= 15 is 0 Å². The molecule has 0 spiro atoms. The van der Waals surface area contributed by atoms with Crippen molar-refractivity contribution in [3.63, 3.8) is 0 Å². The molecule has 4 rings (SSSR count). The Morgan fingerprint density at radius 3 is 2.62 bits per heavy atom. The molecule has 8 nitrogen and oxygen atoms in total. The molecule has 0 unspecified atom stereocenters. The molecule has 1 heterocycles. The molecule has 1 aliphatic heterocycles. The Labute approximate surface area is 222 Å². The molecule has 0 aliphatic carbocycles. The molecule has 1 saturated heterocycles. The highest BCUT2D eigenvalue weighted by molar-refractivity contribution is 8.18. The second-order valence-electron chi connectivity index (χ2n) is 7.81. The second kappa shape index (κ2) is 11.2. The number of likely N-dealkylation sites (N-methyl/N-ethyl adjacent to an activating group) is 1. The fourth-order valence-electron chi connectivity index (χ4n) is 3.46. The van der Waals surface area contributed by atoms with Crippen molar-refractivity contribution in [1.82, 2.24) is 4.90 Å². The van der Waals surface area contributed by atoms with Gasteiger partial charge in [0.2, 0.25) is 0 Å². The van der Waals surface area contributed by atoms with Crippen molar-refractivity contribution in [3.05, 3.63) is 92.8 Å². The van der Waals surface area contributed by atoms with E-state index < -0.39 is 5.97 Å². The van der Waals surface area contributed by atoms with E-state index in [1.54, 1.807) is 55.6 Å². The third kappa shape index (κ3) is 5.77. The summed E-state index contributed by atoms with van der Waals surface area (Å²) >= 11 is 7.70. The zero-order valence-corrected chi connectivity index (χ0v) is 21.3. The number of thioether (sulfide) groups is 1. The van der Waals surface area contributed by atoms with Gasteiger partial charge in [0, 0.05) is 12.6 Å². The van der Waals surface area contributed by atoms with Crippen LogP contribution in [0.25, 0.3) is 6.08 Å². The number of hydrogen-bond acceptors (Lipinski definition) is 7. The molecule has 0 radical (unpaired) electrons. The van der Waals surface area contributed by atoms with Crippen LogP contribution in [0, 0.1) is 11.3 Å². The van der Waals surface area contributed by atoms with E-state index in [0.29, 0.717) is 38.4 Å². The first-order valence-electron chi connectivity index (χ1n) is 10.9. The lowest BCUT2D eigenvalue weighted by Gasteiger charge is -2.14. The topological polar surface area (TPSA) is 112 Å². The van der Waals surface area contributed by atoms with E-state index in [1.165, 1.54) is 35.9 Å². The summed E-state index contributed by atoms with van der Waals surface area (Å²) in [6.07, 6.45) is 1.68. The van der Waals surface area contributed by atoms with Gasteiger partial charge >= 0.3 is 5.97 Å². The van der Waals surface area contributed by atoms with Crippen LogP contribution in [-0.2, 0) is 11.4 Å². The predicted octanol–water partition coefficient (Wildman–Crippen LogP) is 5.73. The van der Waals surface area contributed by atoms with Crippen LogP contribution in [0.3, 0.4) is 0 Å². The predicted molar refractivity (Wildman–Crippen MR) is 142 cm³/mol. The number of benzene rings is 3. The van der Waals surface area contributed by atoms with Crippen LogP contribution in [0.2, 0.25) is 5.02 Å². The van der Waals surface area contributed by atoms with Crippen LogP contribution >= 0.6 is 23.4 Å². The SMILES string of the molecule is COc1cc(C=C2SC(=Nc3ccc(C(=O)O)cc3)N(C)C2=O)cc(Cl)c1OCc1ccccc1C#N. The highest BCUT2D eigenvalue weighted by Gasteiger charge is 2.30. The van der Waals surface area contributed by atoms with Gasteiger partial charge < -0.3 is 14.6 Å². The summed E-state index contributed by atoms with van der Waals surface area (Å²) < 4.78 is 11.4. The lowest BCUT2D eigenvalue weighted by molar-refractivity contribution is -0.121. The van der Waals surface area contributed by atoms with Crippen LogP contribution in [0.1, 0.15) is 27.0 Å². The first-order chi connectivity index (χ1) is 17.8. The Morgan fingerprint density at radius 1 is 1.22 bits per heavy atom. The second-order valence-corrected chi connectivity index (χ2v) is 9.23. The Bertz CT molecular complexity index is 1480. The minimum Gasteiger partial charge on any atom is -0.493 e. The van der Waals surface area contributed by atoms with E-state index in [1.807, 2.05) is 6.07 Å². The molecular weight excluding hydrogens is 514 g/mol. The van der Waals surface area contributed by atoms with Crippen molar-refractivity contribution in [1.29, 1.82) is 5.26 Å². The van der Waals surface area contributed by atoms with Crippen LogP contribution in [-0.4, -0.2) is 41.2 Å². The molecule has 0 saturated carbocycles. The molecule has 10 heteroatoms. The minimum atomic E-state index is -1.02. The molecular formula is C27H20ClN3O5S. The van der Waals surface area contributed by atoms with Crippen molar-refractivity contribution in [3.8, 4) is 17.6 Å². The third-order valence-corrected chi connectivity index (χ3v) is 6.74. The summed E-state index contributed by atoms with van der Waals surface area (Å²) in [6, 6.07) is 18.7. The van der Waals surface area contributed by atoms with Crippen molar-refractivity contribution in [2.24, 2.45) is 4.99 Å². The number of aliphatic imine (C=N–C) groups is 1. The molecule has 3 aromatic carbocycles. The molecule has 0 bridgehead atoms. The zero-order valence-electron chi connectivity index (χ0n) is 19.8. The fraction of sp³-hybridized carbons (Fsp3) is 0.111. The summed E-state index contributed by atoms with van der Waals surface area (Å²) in [5.41, 5.74) is 2.53. The molecule has 186 valence electrons. The lowest BCUT2D eigenvalue weighted by Crippen LogP contribution is -2.23. The fourth-order valence-corrected chi connectivity index (χ4v) is 4.72. The molecule has 37 heavy (non-hydrogen) atoms.